The number of aromatic hydroxyl groups is 1. The van der Waals surface area contributed by atoms with Gasteiger partial charge in [0, 0.05) is 5.56 Å². The van der Waals surface area contributed by atoms with E-state index in [1.54, 1.807) is 12.1 Å². The van der Waals surface area contributed by atoms with Crippen LogP contribution in [0.5, 0.6) is 5.75 Å². The Kier molecular flexibility index (Phi) is 3.35. The Morgan fingerprint density at radius 1 is 1.42 bits per heavy atom. The van der Waals surface area contributed by atoms with Gasteiger partial charge in [0.05, 0.1) is 3.39 Å². The van der Waals surface area contributed by atoms with Crippen molar-refractivity contribution >= 4 is 37.9 Å². The second kappa shape index (κ2) is 4.10. The maximum atomic E-state index is 9.45. The molecule has 1 nitrogen and oxygen atoms in total. The molecule has 0 radical (unpaired) electrons. The minimum absolute atomic E-state index is 0.298. The van der Waals surface area contributed by atoms with Crippen LogP contribution >= 0.6 is 31.9 Å². The van der Waals surface area contributed by atoms with Crippen molar-refractivity contribution < 1.29 is 5.11 Å². The molecule has 3 heteroatoms. The fraction of sp³-hybridized carbons (Fsp3) is 0.111. The minimum atomic E-state index is 0.298. The van der Waals surface area contributed by atoms with Crippen LogP contribution in [0.1, 0.15) is 11.1 Å². The molecule has 1 aromatic carbocycles. The number of benzene rings is 1. The van der Waals surface area contributed by atoms with E-state index in [0.29, 0.717) is 5.75 Å². The molecule has 0 saturated carbocycles. The normalized spacial score (nSPS) is 9.58. The van der Waals surface area contributed by atoms with E-state index >= 15 is 0 Å². The van der Waals surface area contributed by atoms with Gasteiger partial charge in [0.1, 0.15) is 5.75 Å². The molecule has 0 saturated heterocycles. The monoisotopic (exact) mass is 290 g/mol. The van der Waals surface area contributed by atoms with E-state index < -0.39 is 0 Å². The summed E-state index contributed by atoms with van der Waals surface area (Å²) < 4.78 is 0.814. The van der Waals surface area contributed by atoms with Gasteiger partial charge < -0.3 is 5.11 Å². The summed E-state index contributed by atoms with van der Waals surface area (Å²) in [5.74, 6) is 0.298. The standard InChI is InChI=1S/C9H8Br2O/c1-6-2-3-7(5-9(10)11)8(12)4-6/h2-5,12H,1H3. The molecule has 0 spiro atoms. The number of halogens is 2. The van der Waals surface area contributed by atoms with Gasteiger partial charge in [-0.2, -0.15) is 0 Å². The summed E-state index contributed by atoms with van der Waals surface area (Å²) >= 11 is 6.46. The van der Waals surface area contributed by atoms with Crippen LogP contribution in [0, 0.1) is 6.92 Å². The molecule has 0 atom stereocenters. The molecule has 1 rings (SSSR count). The van der Waals surface area contributed by atoms with E-state index in [1.165, 1.54) is 0 Å². The summed E-state index contributed by atoms with van der Waals surface area (Å²) in [6, 6.07) is 5.55. The molecule has 1 N–H and O–H groups in total. The van der Waals surface area contributed by atoms with E-state index in [0.717, 1.165) is 14.5 Å². The summed E-state index contributed by atoms with van der Waals surface area (Å²) in [4.78, 5) is 0. The molecule has 12 heavy (non-hydrogen) atoms. The van der Waals surface area contributed by atoms with Crippen LogP contribution in [0.4, 0.5) is 0 Å². The van der Waals surface area contributed by atoms with Crippen molar-refractivity contribution in [2.45, 2.75) is 6.92 Å². The van der Waals surface area contributed by atoms with Crippen molar-refractivity contribution in [3.63, 3.8) is 0 Å². The topological polar surface area (TPSA) is 20.2 Å². The van der Waals surface area contributed by atoms with Gasteiger partial charge in [-0.05, 0) is 56.5 Å². The molecule has 0 bridgehead atoms. The van der Waals surface area contributed by atoms with E-state index in [-0.39, 0.29) is 0 Å². The highest BCUT2D eigenvalue weighted by Crippen LogP contribution is 2.25. The number of aryl methyl sites for hydroxylation is 1. The van der Waals surface area contributed by atoms with Crippen molar-refractivity contribution in [2.24, 2.45) is 0 Å². The average Bonchev–Trinajstić information content (AvgIpc) is 1.94. The second-order valence-corrected chi connectivity index (χ2v) is 5.27. The van der Waals surface area contributed by atoms with E-state index in [2.05, 4.69) is 31.9 Å². The van der Waals surface area contributed by atoms with Gasteiger partial charge in [0.15, 0.2) is 0 Å². The first-order chi connectivity index (χ1) is 5.59. The maximum absolute atomic E-state index is 9.45. The third-order valence-corrected chi connectivity index (χ3v) is 1.91. The molecule has 0 aliphatic carbocycles. The third-order valence-electron chi connectivity index (χ3n) is 1.45. The first-order valence-corrected chi connectivity index (χ1v) is 5.00. The Hall–Kier alpha value is -0.280. The minimum Gasteiger partial charge on any atom is -0.507 e. The Morgan fingerprint density at radius 3 is 2.58 bits per heavy atom. The van der Waals surface area contributed by atoms with Crippen molar-refractivity contribution in [2.75, 3.05) is 0 Å². The zero-order valence-electron chi connectivity index (χ0n) is 6.51. The highest BCUT2D eigenvalue weighted by molar-refractivity contribution is 9.28. The Balaban J connectivity index is 3.10. The van der Waals surface area contributed by atoms with Crippen LogP contribution in [0.25, 0.3) is 6.08 Å². The quantitative estimate of drug-likeness (QED) is 0.835. The summed E-state index contributed by atoms with van der Waals surface area (Å²) in [6.07, 6.45) is 1.80. The Morgan fingerprint density at radius 2 is 2.08 bits per heavy atom. The highest BCUT2D eigenvalue weighted by Gasteiger charge is 1.97. The molecule has 1 aromatic rings. The first-order valence-electron chi connectivity index (χ1n) is 3.42. The molecule has 0 aliphatic rings. The number of phenols is 1. The van der Waals surface area contributed by atoms with E-state index in [4.69, 9.17) is 0 Å². The van der Waals surface area contributed by atoms with Crippen molar-refractivity contribution in [3.8, 4) is 5.75 Å². The summed E-state index contributed by atoms with van der Waals surface area (Å²) in [5.41, 5.74) is 1.85. The van der Waals surface area contributed by atoms with Gasteiger partial charge in [-0.1, -0.05) is 12.1 Å². The lowest BCUT2D eigenvalue weighted by Crippen LogP contribution is -1.76. The van der Waals surface area contributed by atoms with Crippen LogP contribution in [0.15, 0.2) is 21.6 Å². The van der Waals surface area contributed by atoms with Crippen molar-refractivity contribution in [3.05, 3.63) is 32.7 Å². The van der Waals surface area contributed by atoms with Gasteiger partial charge in [-0.3, -0.25) is 0 Å². The third kappa shape index (κ3) is 2.64. The zero-order chi connectivity index (χ0) is 9.14. The molecule has 0 aliphatic heterocycles. The lowest BCUT2D eigenvalue weighted by molar-refractivity contribution is 0.473. The fourth-order valence-corrected chi connectivity index (χ4v) is 1.39. The summed E-state index contributed by atoms with van der Waals surface area (Å²) in [7, 11) is 0. The SMILES string of the molecule is Cc1ccc(C=C(Br)Br)c(O)c1. The van der Waals surface area contributed by atoms with Gasteiger partial charge in [0.25, 0.3) is 0 Å². The van der Waals surface area contributed by atoms with Gasteiger partial charge in [-0.15, -0.1) is 0 Å². The predicted octanol–water partition coefficient (Wildman–Crippen LogP) is 3.79. The largest absolute Gasteiger partial charge is 0.507 e. The van der Waals surface area contributed by atoms with Crippen LogP contribution < -0.4 is 0 Å². The molecular weight excluding hydrogens is 284 g/mol. The molecule has 64 valence electrons. The fourth-order valence-electron chi connectivity index (χ4n) is 0.893. The zero-order valence-corrected chi connectivity index (χ0v) is 9.68. The predicted molar refractivity (Wildman–Crippen MR) is 58.7 cm³/mol. The van der Waals surface area contributed by atoms with Crippen LogP contribution in [0.3, 0.4) is 0 Å². The maximum Gasteiger partial charge on any atom is 0.123 e. The molecule has 0 amide bonds. The number of hydrogen-bond donors (Lipinski definition) is 1. The molecule has 0 unspecified atom stereocenters. The second-order valence-electron chi connectivity index (χ2n) is 2.50. The van der Waals surface area contributed by atoms with Crippen LogP contribution in [0.2, 0.25) is 0 Å². The molecular formula is C9H8Br2O. The van der Waals surface area contributed by atoms with Gasteiger partial charge in [-0.25, -0.2) is 0 Å². The molecule has 0 fully saturated rings. The van der Waals surface area contributed by atoms with Gasteiger partial charge >= 0.3 is 0 Å². The summed E-state index contributed by atoms with van der Waals surface area (Å²) in [6.45, 7) is 1.94. The van der Waals surface area contributed by atoms with Crippen molar-refractivity contribution in [1.82, 2.24) is 0 Å². The van der Waals surface area contributed by atoms with Crippen LogP contribution in [-0.4, -0.2) is 5.11 Å². The number of hydrogen-bond acceptors (Lipinski definition) is 1. The van der Waals surface area contributed by atoms with E-state index in [9.17, 15) is 5.11 Å². The van der Waals surface area contributed by atoms with Crippen molar-refractivity contribution in [1.29, 1.82) is 0 Å². The molecule has 0 aromatic heterocycles. The number of phenolic OH excluding ortho intramolecular Hbond substituents is 1. The highest BCUT2D eigenvalue weighted by atomic mass is 79.9. The Bertz CT molecular complexity index is 314. The first kappa shape index (κ1) is 9.81. The van der Waals surface area contributed by atoms with Gasteiger partial charge in [0.2, 0.25) is 0 Å². The van der Waals surface area contributed by atoms with Crippen LogP contribution in [-0.2, 0) is 0 Å². The Labute approximate surface area is 88.4 Å². The smallest absolute Gasteiger partial charge is 0.123 e. The van der Waals surface area contributed by atoms with E-state index in [1.807, 2.05) is 19.1 Å². The average molecular weight is 292 g/mol. The molecule has 0 heterocycles. The number of rotatable bonds is 1. The summed E-state index contributed by atoms with van der Waals surface area (Å²) in [5, 5.41) is 9.45. The lowest BCUT2D eigenvalue weighted by Gasteiger charge is -1.99. The lowest BCUT2D eigenvalue weighted by atomic mass is 10.1.